The smallest absolute Gasteiger partial charge is 0.203 e. The molecule has 0 aliphatic carbocycles. The average Bonchev–Trinajstić information content (AvgIpc) is 3.11. The summed E-state index contributed by atoms with van der Waals surface area (Å²) in [6.45, 7) is 2.41. The number of ether oxygens (including phenoxy) is 2. The molecule has 1 heterocycles. The van der Waals surface area contributed by atoms with Crippen LogP contribution in [0.4, 0.5) is 5.13 Å². The lowest BCUT2D eigenvalue weighted by Gasteiger charge is -2.11. The molecule has 0 fully saturated rings. The SMILES string of the molecule is CCOc1cc(/C=N\Nc2nc(-c3ccc(Cl)cc3)cs2)cc(Cl)c1OC. The molecule has 0 atom stereocenters. The van der Waals surface area contributed by atoms with Gasteiger partial charge in [0.25, 0.3) is 0 Å². The maximum absolute atomic E-state index is 6.24. The highest BCUT2D eigenvalue weighted by molar-refractivity contribution is 7.14. The number of nitrogens with one attached hydrogen (secondary N) is 1. The van der Waals surface area contributed by atoms with Crippen molar-refractivity contribution in [2.45, 2.75) is 6.92 Å². The third-order valence-corrected chi connectivity index (χ3v) is 4.83. The van der Waals surface area contributed by atoms with E-state index in [1.165, 1.54) is 11.3 Å². The van der Waals surface area contributed by atoms with Crippen LogP contribution >= 0.6 is 34.5 Å². The number of anilines is 1. The van der Waals surface area contributed by atoms with Gasteiger partial charge in [-0.05, 0) is 36.8 Å². The first kappa shape index (κ1) is 19.5. The molecule has 0 amide bonds. The Morgan fingerprint density at radius 2 is 2.00 bits per heavy atom. The summed E-state index contributed by atoms with van der Waals surface area (Å²) in [5, 5.41) is 8.02. The summed E-state index contributed by atoms with van der Waals surface area (Å²) in [6, 6.07) is 11.1. The van der Waals surface area contributed by atoms with E-state index in [0.29, 0.717) is 33.3 Å². The molecule has 0 saturated heterocycles. The number of hydrogen-bond acceptors (Lipinski definition) is 6. The number of halogens is 2. The molecular weight excluding hydrogens is 405 g/mol. The van der Waals surface area contributed by atoms with Gasteiger partial charge in [-0.1, -0.05) is 35.3 Å². The second-order valence-electron chi connectivity index (χ2n) is 5.38. The molecule has 1 N–H and O–H groups in total. The van der Waals surface area contributed by atoms with E-state index >= 15 is 0 Å². The molecule has 140 valence electrons. The van der Waals surface area contributed by atoms with Gasteiger partial charge < -0.3 is 9.47 Å². The number of benzene rings is 2. The summed E-state index contributed by atoms with van der Waals surface area (Å²) in [7, 11) is 1.56. The summed E-state index contributed by atoms with van der Waals surface area (Å²) in [5.74, 6) is 1.09. The van der Waals surface area contributed by atoms with Crippen LogP contribution in [0.2, 0.25) is 10.0 Å². The highest BCUT2D eigenvalue weighted by atomic mass is 35.5. The van der Waals surface area contributed by atoms with Crippen LogP contribution in [0.15, 0.2) is 46.9 Å². The topological polar surface area (TPSA) is 55.7 Å². The number of hydrogen-bond donors (Lipinski definition) is 1. The van der Waals surface area contributed by atoms with E-state index in [1.54, 1.807) is 19.4 Å². The summed E-state index contributed by atoms with van der Waals surface area (Å²) in [6.07, 6.45) is 1.65. The standard InChI is InChI=1S/C19H17Cl2N3O2S/c1-3-26-17-9-12(8-15(21)18(17)25-2)10-22-24-19-23-16(11-27-19)13-4-6-14(20)7-5-13/h4-11H,3H2,1-2H3,(H,23,24)/b22-10-. The minimum Gasteiger partial charge on any atom is -0.491 e. The molecule has 0 radical (unpaired) electrons. The molecule has 0 aliphatic heterocycles. The van der Waals surface area contributed by atoms with Crippen molar-refractivity contribution in [1.82, 2.24) is 4.98 Å². The Labute approximate surface area is 171 Å². The highest BCUT2D eigenvalue weighted by Crippen LogP contribution is 2.36. The lowest BCUT2D eigenvalue weighted by Crippen LogP contribution is -1.98. The predicted molar refractivity (Wildman–Crippen MR) is 113 cm³/mol. The fraction of sp³-hybridized carbons (Fsp3) is 0.158. The molecule has 8 heteroatoms. The normalized spacial score (nSPS) is 11.0. The van der Waals surface area contributed by atoms with Crippen molar-refractivity contribution in [1.29, 1.82) is 0 Å². The first-order valence-corrected chi connectivity index (χ1v) is 9.75. The minimum atomic E-state index is 0.462. The molecule has 5 nitrogen and oxygen atoms in total. The zero-order chi connectivity index (χ0) is 19.2. The Kier molecular flexibility index (Phi) is 6.55. The zero-order valence-corrected chi connectivity index (χ0v) is 17.0. The van der Waals surface area contributed by atoms with Crippen molar-refractivity contribution >= 4 is 45.9 Å². The number of aromatic nitrogens is 1. The summed E-state index contributed by atoms with van der Waals surface area (Å²) in [5.41, 5.74) is 5.57. The van der Waals surface area contributed by atoms with E-state index < -0.39 is 0 Å². The zero-order valence-electron chi connectivity index (χ0n) is 14.7. The first-order chi connectivity index (χ1) is 13.1. The van der Waals surface area contributed by atoms with E-state index in [4.69, 9.17) is 32.7 Å². The van der Waals surface area contributed by atoms with Crippen LogP contribution in [-0.2, 0) is 0 Å². The second kappa shape index (κ2) is 9.08. The van der Waals surface area contributed by atoms with Crippen LogP contribution in [0.5, 0.6) is 11.5 Å². The Morgan fingerprint density at radius 1 is 1.22 bits per heavy atom. The molecule has 3 rings (SSSR count). The van der Waals surface area contributed by atoms with Gasteiger partial charge in [-0.2, -0.15) is 5.10 Å². The minimum absolute atomic E-state index is 0.462. The number of thiazole rings is 1. The molecular formula is C19H17Cl2N3O2S. The Bertz CT molecular complexity index is 943. The van der Waals surface area contributed by atoms with Gasteiger partial charge in [0.15, 0.2) is 11.5 Å². The average molecular weight is 422 g/mol. The molecule has 0 bridgehead atoms. The van der Waals surface area contributed by atoms with Crippen LogP contribution in [-0.4, -0.2) is 24.9 Å². The lowest BCUT2D eigenvalue weighted by molar-refractivity contribution is 0.311. The highest BCUT2D eigenvalue weighted by Gasteiger charge is 2.10. The van der Waals surface area contributed by atoms with Gasteiger partial charge >= 0.3 is 0 Å². The predicted octanol–water partition coefficient (Wildman–Crippen LogP) is 5.97. The van der Waals surface area contributed by atoms with Crippen molar-refractivity contribution < 1.29 is 9.47 Å². The van der Waals surface area contributed by atoms with Crippen LogP contribution in [0.1, 0.15) is 12.5 Å². The summed E-state index contributed by atoms with van der Waals surface area (Å²) in [4.78, 5) is 4.51. The van der Waals surface area contributed by atoms with Crippen LogP contribution < -0.4 is 14.9 Å². The fourth-order valence-corrected chi connectivity index (χ4v) is 3.45. The molecule has 3 aromatic rings. The summed E-state index contributed by atoms with van der Waals surface area (Å²) < 4.78 is 10.8. The van der Waals surface area contributed by atoms with Gasteiger partial charge in [0.2, 0.25) is 5.13 Å². The third-order valence-electron chi connectivity index (χ3n) is 3.55. The van der Waals surface area contributed by atoms with Gasteiger partial charge in [-0.3, -0.25) is 5.43 Å². The van der Waals surface area contributed by atoms with Crippen LogP contribution in [0.25, 0.3) is 11.3 Å². The van der Waals surface area contributed by atoms with Crippen molar-refractivity contribution in [3.8, 4) is 22.8 Å². The van der Waals surface area contributed by atoms with Crippen molar-refractivity contribution in [3.05, 3.63) is 57.4 Å². The number of hydrazone groups is 1. The first-order valence-electron chi connectivity index (χ1n) is 8.11. The van der Waals surface area contributed by atoms with E-state index in [0.717, 1.165) is 16.8 Å². The summed E-state index contributed by atoms with van der Waals surface area (Å²) >= 11 is 13.6. The van der Waals surface area contributed by atoms with Crippen LogP contribution in [0.3, 0.4) is 0 Å². The van der Waals surface area contributed by atoms with Crippen molar-refractivity contribution in [2.24, 2.45) is 5.10 Å². The molecule has 1 aromatic heterocycles. The maximum atomic E-state index is 6.24. The quantitative estimate of drug-likeness (QED) is 0.377. The molecule has 0 aliphatic rings. The van der Waals surface area contributed by atoms with Crippen LogP contribution in [0, 0.1) is 0 Å². The number of methoxy groups -OCH3 is 1. The Balaban J connectivity index is 1.71. The largest absolute Gasteiger partial charge is 0.491 e. The molecule has 0 unspecified atom stereocenters. The lowest BCUT2D eigenvalue weighted by atomic mass is 10.2. The number of rotatable bonds is 7. The van der Waals surface area contributed by atoms with Crippen molar-refractivity contribution in [2.75, 3.05) is 19.1 Å². The van der Waals surface area contributed by atoms with Gasteiger partial charge in [0.1, 0.15) is 0 Å². The Hall–Kier alpha value is -2.28. The monoisotopic (exact) mass is 421 g/mol. The maximum Gasteiger partial charge on any atom is 0.203 e. The van der Waals surface area contributed by atoms with E-state index in [-0.39, 0.29) is 0 Å². The second-order valence-corrected chi connectivity index (χ2v) is 7.08. The fourth-order valence-electron chi connectivity index (χ4n) is 2.36. The Morgan fingerprint density at radius 3 is 2.70 bits per heavy atom. The van der Waals surface area contributed by atoms with Gasteiger partial charge in [0, 0.05) is 16.0 Å². The number of nitrogens with zero attached hydrogens (tertiary/aromatic N) is 2. The van der Waals surface area contributed by atoms with E-state index in [2.05, 4.69) is 15.5 Å². The third kappa shape index (κ3) is 4.91. The molecule has 0 spiro atoms. The van der Waals surface area contributed by atoms with E-state index in [9.17, 15) is 0 Å². The van der Waals surface area contributed by atoms with Gasteiger partial charge in [0.05, 0.1) is 30.6 Å². The van der Waals surface area contributed by atoms with E-state index in [1.807, 2.05) is 42.6 Å². The molecule has 2 aromatic carbocycles. The molecule has 27 heavy (non-hydrogen) atoms. The molecule has 0 saturated carbocycles. The van der Waals surface area contributed by atoms with Gasteiger partial charge in [-0.25, -0.2) is 4.98 Å². The van der Waals surface area contributed by atoms with Gasteiger partial charge in [-0.15, -0.1) is 11.3 Å². The van der Waals surface area contributed by atoms with Crippen molar-refractivity contribution in [3.63, 3.8) is 0 Å².